The van der Waals surface area contributed by atoms with Crippen molar-refractivity contribution in [3.63, 3.8) is 0 Å². The molecule has 0 aromatic rings. The monoisotopic (exact) mass is 305 g/mol. The summed E-state index contributed by atoms with van der Waals surface area (Å²) in [6.45, 7) is 0. The summed E-state index contributed by atoms with van der Waals surface area (Å²) in [5.74, 6) is 3.79. The summed E-state index contributed by atoms with van der Waals surface area (Å²) >= 11 is 5.61. The predicted octanol–water partition coefficient (Wildman–Crippen LogP) is 2.75. The third kappa shape index (κ3) is 3.11. The molecule has 0 atom stereocenters. The fourth-order valence-corrected chi connectivity index (χ4v) is 6.46. The Hall–Kier alpha value is 0.200. The minimum atomic E-state index is -3.11. The summed E-state index contributed by atoms with van der Waals surface area (Å²) in [6.07, 6.45) is 7.87. The molecule has 3 nitrogen and oxygen atoms in total. The quantitative estimate of drug-likeness (QED) is 0.606. The van der Waals surface area contributed by atoms with E-state index >= 15 is 0 Å². The zero-order valence-corrected chi connectivity index (χ0v) is 12.9. The number of nitrogens with one attached hydrogen (secondary N) is 1. The van der Waals surface area contributed by atoms with Crippen LogP contribution >= 0.6 is 11.6 Å². The van der Waals surface area contributed by atoms with Crippen molar-refractivity contribution in [2.45, 2.75) is 51.0 Å². The van der Waals surface area contributed by atoms with Crippen LogP contribution in [0.25, 0.3) is 0 Å². The van der Waals surface area contributed by atoms with Crippen LogP contribution in [0, 0.1) is 23.7 Å². The van der Waals surface area contributed by atoms with Crippen LogP contribution in [0.2, 0.25) is 0 Å². The molecule has 4 bridgehead atoms. The van der Waals surface area contributed by atoms with Gasteiger partial charge < -0.3 is 0 Å². The number of hydrogen-bond donors (Lipinski definition) is 1. The zero-order valence-electron chi connectivity index (χ0n) is 11.4. The Bertz CT molecular complexity index is 395. The van der Waals surface area contributed by atoms with Crippen molar-refractivity contribution in [2.24, 2.45) is 23.7 Å². The molecule has 19 heavy (non-hydrogen) atoms. The first kappa shape index (κ1) is 14.2. The molecule has 4 aliphatic carbocycles. The standard InChI is InChI=1S/C14H24ClNO2S/c15-3-1-2-4-19(17,18)16-14-12-6-10-5-11(8-12)9-13(14)7-10/h10-14,16H,1-9H2. The van der Waals surface area contributed by atoms with Crippen LogP contribution in [0.1, 0.15) is 44.9 Å². The highest BCUT2D eigenvalue weighted by atomic mass is 35.5. The van der Waals surface area contributed by atoms with E-state index in [9.17, 15) is 8.42 Å². The average molecular weight is 306 g/mol. The molecule has 0 spiro atoms. The van der Waals surface area contributed by atoms with E-state index in [1.54, 1.807) is 0 Å². The van der Waals surface area contributed by atoms with Crippen LogP contribution in [-0.4, -0.2) is 26.1 Å². The van der Waals surface area contributed by atoms with Gasteiger partial charge in [0.1, 0.15) is 0 Å². The first-order valence-electron chi connectivity index (χ1n) is 7.63. The number of unbranched alkanes of at least 4 members (excludes halogenated alkanes) is 1. The van der Waals surface area contributed by atoms with Gasteiger partial charge in [0.15, 0.2) is 0 Å². The Balaban J connectivity index is 1.60. The Morgan fingerprint density at radius 1 is 0.947 bits per heavy atom. The molecule has 0 radical (unpaired) electrons. The molecule has 0 amide bonds. The topological polar surface area (TPSA) is 46.2 Å². The Morgan fingerprint density at radius 3 is 2.05 bits per heavy atom. The first-order valence-corrected chi connectivity index (χ1v) is 9.82. The van der Waals surface area contributed by atoms with E-state index in [1.807, 2.05) is 0 Å². The van der Waals surface area contributed by atoms with Gasteiger partial charge in [0, 0.05) is 11.9 Å². The second-order valence-electron chi connectivity index (χ2n) is 6.79. The molecule has 4 rings (SSSR count). The van der Waals surface area contributed by atoms with Crippen LogP contribution in [0.4, 0.5) is 0 Å². The largest absolute Gasteiger partial charge is 0.212 e. The highest BCUT2D eigenvalue weighted by Gasteiger charge is 2.49. The second kappa shape index (κ2) is 5.53. The van der Waals surface area contributed by atoms with E-state index in [4.69, 9.17) is 11.6 Å². The lowest BCUT2D eigenvalue weighted by Gasteiger charge is -2.54. The maximum absolute atomic E-state index is 12.1. The number of rotatable bonds is 6. The minimum absolute atomic E-state index is 0.230. The average Bonchev–Trinajstić information content (AvgIpc) is 2.33. The lowest BCUT2D eigenvalue weighted by Crippen LogP contribution is -2.56. The number of sulfonamides is 1. The van der Waals surface area contributed by atoms with Crippen molar-refractivity contribution in [3.8, 4) is 0 Å². The number of alkyl halides is 1. The molecule has 5 heteroatoms. The van der Waals surface area contributed by atoms with Crippen molar-refractivity contribution in [3.05, 3.63) is 0 Å². The molecule has 0 heterocycles. The summed E-state index contributed by atoms with van der Waals surface area (Å²) in [5, 5.41) is 0. The third-order valence-corrected chi connectivity index (χ3v) is 7.06. The molecule has 0 aromatic heterocycles. The summed E-state index contributed by atoms with van der Waals surface area (Å²) in [5.41, 5.74) is 0. The third-order valence-electron chi connectivity index (χ3n) is 5.34. The molecule has 0 aliphatic heterocycles. The molecule has 0 aromatic carbocycles. The van der Waals surface area contributed by atoms with Gasteiger partial charge in [-0.3, -0.25) is 0 Å². The maximum atomic E-state index is 12.1. The fraction of sp³-hybridized carbons (Fsp3) is 1.00. The lowest BCUT2D eigenvalue weighted by atomic mass is 9.54. The molecular formula is C14H24ClNO2S. The normalized spacial score (nSPS) is 40.8. The second-order valence-corrected chi connectivity index (χ2v) is 9.04. The fourth-order valence-electron chi connectivity index (χ4n) is 4.77. The van der Waals surface area contributed by atoms with E-state index < -0.39 is 10.0 Å². The summed E-state index contributed by atoms with van der Waals surface area (Å²) < 4.78 is 27.3. The summed E-state index contributed by atoms with van der Waals surface area (Å²) in [4.78, 5) is 0. The van der Waals surface area contributed by atoms with Crippen LogP contribution in [0.5, 0.6) is 0 Å². The van der Waals surface area contributed by atoms with Crippen molar-refractivity contribution in [1.29, 1.82) is 0 Å². The molecule has 0 unspecified atom stereocenters. The highest BCUT2D eigenvalue weighted by Crippen LogP contribution is 2.53. The molecule has 110 valence electrons. The Labute approximate surface area is 121 Å². The van der Waals surface area contributed by atoms with Gasteiger partial charge in [0.05, 0.1) is 5.75 Å². The molecule has 4 saturated carbocycles. The van der Waals surface area contributed by atoms with Gasteiger partial charge in [-0.2, -0.15) is 0 Å². The van der Waals surface area contributed by atoms with E-state index in [2.05, 4.69) is 4.72 Å². The van der Waals surface area contributed by atoms with Gasteiger partial charge in [-0.1, -0.05) is 0 Å². The Kier molecular flexibility index (Phi) is 4.12. The van der Waals surface area contributed by atoms with Gasteiger partial charge in [-0.25, -0.2) is 13.1 Å². The zero-order chi connectivity index (χ0) is 13.5. The van der Waals surface area contributed by atoms with Gasteiger partial charge in [-0.05, 0) is 68.6 Å². The summed E-state index contributed by atoms with van der Waals surface area (Å²) in [7, 11) is -3.11. The predicted molar refractivity (Wildman–Crippen MR) is 77.7 cm³/mol. The van der Waals surface area contributed by atoms with Gasteiger partial charge in [-0.15, -0.1) is 11.6 Å². The van der Waals surface area contributed by atoms with Crippen molar-refractivity contribution < 1.29 is 8.42 Å². The van der Waals surface area contributed by atoms with Crippen molar-refractivity contribution in [1.82, 2.24) is 4.72 Å². The van der Waals surface area contributed by atoms with Gasteiger partial charge in [0.25, 0.3) is 0 Å². The van der Waals surface area contributed by atoms with E-state index in [1.165, 1.54) is 32.1 Å². The molecular weight excluding hydrogens is 282 g/mol. The molecule has 4 fully saturated rings. The van der Waals surface area contributed by atoms with E-state index in [0.717, 1.165) is 18.3 Å². The summed E-state index contributed by atoms with van der Waals surface area (Å²) in [6, 6.07) is 0.230. The smallest absolute Gasteiger partial charge is 0.211 e. The van der Waals surface area contributed by atoms with Gasteiger partial charge >= 0.3 is 0 Å². The minimum Gasteiger partial charge on any atom is -0.212 e. The highest BCUT2D eigenvalue weighted by molar-refractivity contribution is 7.89. The van der Waals surface area contributed by atoms with Gasteiger partial charge in [0.2, 0.25) is 10.0 Å². The molecule has 4 aliphatic rings. The SMILES string of the molecule is O=S(=O)(CCCCCl)NC1C2CC3CC(C2)CC1C3. The van der Waals surface area contributed by atoms with Crippen LogP contribution in [0.3, 0.4) is 0 Å². The lowest BCUT2D eigenvalue weighted by molar-refractivity contribution is -0.00557. The Morgan fingerprint density at radius 2 is 1.53 bits per heavy atom. The maximum Gasteiger partial charge on any atom is 0.211 e. The number of hydrogen-bond acceptors (Lipinski definition) is 2. The van der Waals surface area contributed by atoms with E-state index in [0.29, 0.717) is 24.1 Å². The van der Waals surface area contributed by atoms with Crippen molar-refractivity contribution >= 4 is 21.6 Å². The number of halogens is 1. The van der Waals surface area contributed by atoms with Crippen LogP contribution in [-0.2, 0) is 10.0 Å². The van der Waals surface area contributed by atoms with E-state index in [-0.39, 0.29) is 11.8 Å². The first-order chi connectivity index (χ1) is 9.07. The molecule has 0 saturated heterocycles. The van der Waals surface area contributed by atoms with Crippen LogP contribution in [0.15, 0.2) is 0 Å². The molecule has 1 N–H and O–H groups in total. The van der Waals surface area contributed by atoms with Crippen molar-refractivity contribution in [2.75, 3.05) is 11.6 Å². The van der Waals surface area contributed by atoms with Crippen LogP contribution < -0.4 is 4.72 Å².